The molecule has 1 aliphatic rings. The summed E-state index contributed by atoms with van der Waals surface area (Å²) in [5.74, 6) is -2.83. The summed E-state index contributed by atoms with van der Waals surface area (Å²) in [5, 5.41) is 0. The standard InChI is InChI=1S/C19H18F2S2/c1-13(2)18(23-12-22)10-14-7-8-16(9-14)15-5-4-6-17(11-15)19(3,20)21/h4-8,10-12H,1,9H2,2-3H3/b18-10+. The maximum absolute atomic E-state index is 13.5. The summed E-state index contributed by atoms with van der Waals surface area (Å²) in [5.41, 5.74) is 3.99. The molecule has 0 aliphatic heterocycles. The van der Waals surface area contributed by atoms with Crippen molar-refractivity contribution in [3.8, 4) is 0 Å². The predicted molar refractivity (Wildman–Crippen MR) is 101 cm³/mol. The quantitative estimate of drug-likeness (QED) is 0.416. The van der Waals surface area contributed by atoms with Gasteiger partial charge in [0.05, 0.1) is 0 Å². The molecule has 1 aromatic carbocycles. The van der Waals surface area contributed by atoms with Gasteiger partial charge in [-0.3, -0.25) is 0 Å². The van der Waals surface area contributed by atoms with Crippen LogP contribution in [0.25, 0.3) is 5.57 Å². The van der Waals surface area contributed by atoms with Crippen molar-refractivity contribution < 1.29 is 8.78 Å². The van der Waals surface area contributed by atoms with Crippen molar-refractivity contribution in [3.63, 3.8) is 0 Å². The molecule has 1 aromatic rings. The van der Waals surface area contributed by atoms with Gasteiger partial charge in [-0.25, -0.2) is 8.78 Å². The molecule has 0 bridgehead atoms. The number of allylic oxidation sites excluding steroid dienone is 6. The normalized spacial score (nSPS) is 15.2. The van der Waals surface area contributed by atoms with E-state index < -0.39 is 5.92 Å². The summed E-state index contributed by atoms with van der Waals surface area (Å²) >= 11 is 6.35. The first kappa shape index (κ1) is 17.8. The Balaban J connectivity index is 2.17. The van der Waals surface area contributed by atoms with E-state index in [1.54, 1.807) is 16.8 Å². The van der Waals surface area contributed by atoms with Crippen LogP contribution in [-0.4, -0.2) is 4.70 Å². The monoisotopic (exact) mass is 348 g/mol. The van der Waals surface area contributed by atoms with Crippen LogP contribution < -0.4 is 0 Å². The lowest BCUT2D eigenvalue weighted by Gasteiger charge is -2.12. The molecule has 0 nitrogen and oxygen atoms in total. The van der Waals surface area contributed by atoms with Gasteiger partial charge in [0, 0.05) is 22.1 Å². The first-order valence-electron chi connectivity index (χ1n) is 7.17. The third kappa shape index (κ3) is 4.72. The number of halogens is 2. The molecule has 0 fully saturated rings. The van der Waals surface area contributed by atoms with Crippen molar-refractivity contribution in [2.75, 3.05) is 0 Å². The summed E-state index contributed by atoms with van der Waals surface area (Å²) in [6.07, 6.45) is 6.76. The lowest BCUT2D eigenvalue weighted by Crippen LogP contribution is -2.06. The number of benzene rings is 1. The third-order valence-electron chi connectivity index (χ3n) is 3.55. The zero-order valence-corrected chi connectivity index (χ0v) is 14.7. The van der Waals surface area contributed by atoms with E-state index >= 15 is 0 Å². The highest BCUT2D eigenvalue weighted by Gasteiger charge is 2.24. The highest BCUT2D eigenvalue weighted by atomic mass is 32.2. The molecule has 2 rings (SSSR count). The lowest BCUT2D eigenvalue weighted by atomic mass is 9.98. The fourth-order valence-corrected chi connectivity index (χ4v) is 3.15. The average Bonchev–Trinajstić information content (AvgIpc) is 2.94. The molecule has 0 radical (unpaired) electrons. The molecule has 0 unspecified atom stereocenters. The van der Waals surface area contributed by atoms with Crippen molar-refractivity contribution in [2.45, 2.75) is 26.2 Å². The number of hydrogen-bond acceptors (Lipinski definition) is 2. The van der Waals surface area contributed by atoms with Crippen LogP contribution >= 0.6 is 24.0 Å². The second-order valence-corrected chi connectivity index (χ2v) is 7.03. The first-order valence-corrected chi connectivity index (χ1v) is 8.52. The van der Waals surface area contributed by atoms with E-state index in [4.69, 9.17) is 12.2 Å². The van der Waals surface area contributed by atoms with Crippen LogP contribution in [0.5, 0.6) is 0 Å². The lowest BCUT2D eigenvalue weighted by molar-refractivity contribution is 0.0174. The largest absolute Gasteiger partial charge is 0.270 e. The molecule has 0 atom stereocenters. The van der Waals surface area contributed by atoms with Crippen LogP contribution in [0.1, 0.15) is 31.4 Å². The summed E-state index contributed by atoms with van der Waals surface area (Å²) in [6, 6.07) is 6.57. The topological polar surface area (TPSA) is 0 Å². The smallest absolute Gasteiger partial charge is 0.202 e. The van der Waals surface area contributed by atoms with Gasteiger partial charge in [-0.15, -0.1) is 0 Å². The summed E-state index contributed by atoms with van der Waals surface area (Å²) in [4.78, 5) is 1.02. The van der Waals surface area contributed by atoms with Gasteiger partial charge in [0.2, 0.25) is 0 Å². The third-order valence-corrected chi connectivity index (χ3v) is 4.65. The van der Waals surface area contributed by atoms with Crippen LogP contribution in [0.15, 0.2) is 65.1 Å². The summed E-state index contributed by atoms with van der Waals surface area (Å²) in [6.45, 7) is 6.81. The fraction of sp³-hybridized carbons (Fsp3) is 0.211. The summed E-state index contributed by atoms with van der Waals surface area (Å²) in [7, 11) is 0. The summed E-state index contributed by atoms with van der Waals surface area (Å²) < 4.78 is 28.6. The minimum atomic E-state index is -2.83. The maximum Gasteiger partial charge on any atom is 0.270 e. The van der Waals surface area contributed by atoms with Crippen molar-refractivity contribution in [2.24, 2.45) is 0 Å². The Kier molecular flexibility index (Phi) is 5.71. The SMILES string of the molecule is C=C(C)/C(=C\C1=CC=C(c2cccc(C(C)(F)F)c2)C1)SC=S. The number of thioether (sulfide) groups is 1. The molecule has 0 saturated carbocycles. The Morgan fingerprint density at radius 1 is 1.35 bits per heavy atom. The van der Waals surface area contributed by atoms with Gasteiger partial charge in [0.1, 0.15) is 0 Å². The second kappa shape index (κ2) is 7.37. The van der Waals surface area contributed by atoms with E-state index in [0.717, 1.165) is 34.1 Å². The molecule has 0 saturated heterocycles. The number of alkyl halides is 2. The van der Waals surface area contributed by atoms with Crippen LogP contribution in [0.2, 0.25) is 0 Å². The van der Waals surface area contributed by atoms with Crippen LogP contribution in [0.4, 0.5) is 8.78 Å². The Morgan fingerprint density at radius 2 is 2.09 bits per heavy atom. The Labute approximate surface area is 145 Å². The zero-order valence-electron chi connectivity index (χ0n) is 13.1. The van der Waals surface area contributed by atoms with Crippen LogP contribution in [0.3, 0.4) is 0 Å². The highest BCUT2D eigenvalue weighted by molar-refractivity contribution is 8.23. The second-order valence-electron chi connectivity index (χ2n) is 5.58. The molecule has 120 valence electrons. The van der Waals surface area contributed by atoms with Gasteiger partial charge < -0.3 is 0 Å². The molecule has 1 aliphatic carbocycles. The van der Waals surface area contributed by atoms with Crippen molar-refractivity contribution in [1.82, 2.24) is 0 Å². The molecule has 23 heavy (non-hydrogen) atoms. The van der Waals surface area contributed by atoms with Crippen molar-refractivity contribution in [1.29, 1.82) is 0 Å². The van der Waals surface area contributed by atoms with Gasteiger partial charge in [-0.05, 0) is 47.8 Å². The van der Waals surface area contributed by atoms with E-state index in [-0.39, 0.29) is 5.56 Å². The highest BCUT2D eigenvalue weighted by Crippen LogP contribution is 2.34. The van der Waals surface area contributed by atoms with Gasteiger partial charge in [0.25, 0.3) is 5.92 Å². The molecular weight excluding hydrogens is 330 g/mol. The minimum absolute atomic E-state index is 0.0405. The van der Waals surface area contributed by atoms with E-state index in [1.807, 2.05) is 25.1 Å². The predicted octanol–water partition coefficient (Wildman–Crippen LogP) is 6.66. The number of thiocarbonyl (C=S) groups is 1. The molecule has 0 spiro atoms. The molecule has 0 N–H and O–H groups in total. The molecular formula is C19H18F2S2. The van der Waals surface area contributed by atoms with Gasteiger partial charge in [-0.2, -0.15) is 0 Å². The van der Waals surface area contributed by atoms with Crippen LogP contribution in [-0.2, 0) is 5.92 Å². The molecule has 0 heterocycles. The van der Waals surface area contributed by atoms with Gasteiger partial charge in [-0.1, -0.05) is 60.9 Å². The van der Waals surface area contributed by atoms with E-state index in [9.17, 15) is 8.78 Å². The Hall–Kier alpha value is -1.52. The minimum Gasteiger partial charge on any atom is -0.202 e. The Bertz CT molecular complexity index is 719. The van der Waals surface area contributed by atoms with Crippen LogP contribution in [0, 0.1) is 0 Å². The molecule has 4 heteroatoms. The molecule has 0 aromatic heterocycles. The van der Waals surface area contributed by atoms with Gasteiger partial charge in [0.15, 0.2) is 0 Å². The zero-order chi connectivity index (χ0) is 17.0. The Morgan fingerprint density at radius 3 is 2.70 bits per heavy atom. The fourth-order valence-electron chi connectivity index (χ4n) is 2.31. The number of rotatable bonds is 6. The van der Waals surface area contributed by atoms with E-state index in [2.05, 4.69) is 12.7 Å². The first-order chi connectivity index (χ1) is 10.8. The van der Waals surface area contributed by atoms with Gasteiger partial charge >= 0.3 is 0 Å². The van der Waals surface area contributed by atoms with E-state index in [0.29, 0.717) is 6.42 Å². The van der Waals surface area contributed by atoms with E-state index in [1.165, 1.54) is 17.8 Å². The maximum atomic E-state index is 13.5. The molecule has 0 amide bonds. The van der Waals surface area contributed by atoms with Crippen molar-refractivity contribution >= 4 is 34.3 Å². The number of hydrogen-bond donors (Lipinski definition) is 0. The average molecular weight is 348 g/mol. The van der Waals surface area contributed by atoms with Crippen molar-refractivity contribution in [3.05, 3.63) is 76.3 Å².